The van der Waals surface area contributed by atoms with Gasteiger partial charge in [0.05, 0.1) is 27.4 Å². The van der Waals surface area contributed by atoms with Crippen LogP contribution in [0.15, 0.2) is 36.4 Å². The molecular weight excluding hydrogens is 388 g/mol. The van der Waals surface area contributed by atoms with Gasteiger partial charge in [0.15, 0.2) is 16.6 Å². The van der Waals surface area contributed by atoms with E-state index < -0.39 is 0 Å². The molecular formula is C22H28N2O4S. The number of benzene rings is 2. The third kappa shape index (κ3) is 4.67. The lowest BCUT2D eigenvalue weighted by atomic mass is 9.92. The molecule has 156 valence electrons. The maximum Gasteiger partial charge on any atom is 0.169 e. The molecule has 0 saturated carbocycles. The van der Waals surface area contributed by atoms with E-state index in [-0.39, 0.29) is 6.04 Å². The fourth-order valence-electron chi connectivity index (χ4n) is 3.55. The van der Waals surface area contributed by atoms with Crippen LogP contribution >= 0.6 is 12.2 Å². The zero-order valence-electron chi connectivity index (χ0n) is 17.4. The van der Waals surface area contributed by atoms with Gasteiger partial charge in [-0.3, -0.25) is 0 Å². The van der Waals surface area contributed by atoms with Gasteiger partial charge in [-0.2, -0.15) is 0 Å². The fourth-order valence-corrected chi connectivity index (χ4v) is 3.91. The Hall–Kier alpha value is -2.67. The van der Waals surface area contributed by atoms with Gasteiger partial charge in [0.2, 0.25) is 0 Å². The molecule has 0 bridgehead atoms. The number of hydrogen-bond acceptors (Lipinski definition) is 5. The molecule has 0 spiro atoms. The van der Waals surface area contributed by atoms with E-state index in [4.69, 9.17) is 31.2 Å². The standard InChI is InChI=1S/C22H28N2O4S/c1-5-23-22(29)24-11-10-15-12-20(26-3)21(27-4)13-18(15)19(24)14-28-17-8-6-16(25-2)7-9-17/h6-9,12-13,19H,5,10-11,14H2,1-4H3,(H,23,29)/t19-/m1/s1. The summed E-state index contributed by atoms with van der Waals surface area (Å²) in [5.41, 5.74) is 2.36. The van der Waals surface area contributed by atoms with Crippen LogP contribution in [0.4, 0.5) is 0 Å². The second kappa shape index (κ2) is 9.69. The first kappa shape index (κ1) is 21.0. The van der Waals surface area contributed by atoms with Crippen molar-refractivity contribution in [2.75, 3.05) is 41.0 Å². The molecule has 2 aromatic rings. The van der Waals surface area contributed by atoms with Gasteiger partial charge >= 0.3 is 0 Å². The molecule has 0 amide bonds. The van der Waals surface area contributed by atoms with Crippen LogP contribution in [0.3, 0.4) is 0 Å². The maximum absolute atomic E-state index is 6.13. The van der Waals surface area contributed by atoms with Crippen LogP contribution in [0.1, 0.15) is 24.1 Å². The fraction of sp³-hybridized carbons (Fsp3) is 0.409. The maximum atomic E-state index is 6.13. The Balaban J connectivity index is 1.90. The Labute approximate surface area is 177 Å². The highest BCUT2D eigenvalue weighted by Gasteiger charge is 2.31. The van der Waals surface area contributed by atoms with Crippen LogP contribution in [0, 0.1) is 0 Å². The van der Waals surface area contributed by atoms with Crippen molar-refractivity contribution >= 4 is 17.3 Å². The summed E-state index contributed by atoms with van der Waals surface area (Å²) >= 11 is 5.64. The number of nitrogens with zero attached hydrogens (tertiary/aromatic N) is 1. The second-order valence-electron chi connectivity index (χ2n) is 6.69. The number of fused-ring (bicyclic) bond motifs is 1. The van der Waals surface area contributed by atoms with Crippen LogP contribution in [0.2, 0.25) is 0 Å². The molecule has 1 heterocycles. The number of rotatable bonds is 7. The van der Waals surface area contributed by atoms with Gasteiger partial charge in [0, 0.05) is 13.1 Å². The van der Waals surface area contributed by atoms with E-state index in [1.807, 2.05) is 37.3 Å². The molecule has 1 aliphatic rings. The molecule has 7 heteroatoms. The minimum atomic E-state index is -0.0350. The Morgan fingerprint density at radius 1 is 1.03 bits per heavy atom. The van der Waals surface area contributed by atoms with E-state index in [0.717, 1.165) is 47.4 Å². The summed E-state index contributed by atoms with van der Waals surface area (Å²) in [6.45, 7) is 4.09. The number of methoxy groups -OCH3 is 3. The van der Waals surface area contributed by atoms with Gasteiger partial charge in [0.1, 0.15) is 18.1 Å². The van der Waals surface area contributed by atoms with E-state index >= 15 is 0 Å². The topological polar surface area (TPSA) is 52.2 Å². The predicted octanol–water partition coefficient (Wildman–Crippen LogP) is 3.59. The first-order valence-corrected chi connectivity index (χ1v) is 10.1. The lowest BCUT2D eigenvalue weighted by Crippen LogP contribution is -2.47. The van der Waals surface area contributed by atoms with Crippen molar-refractivity contribution in [3.8, 4) is 23.0 Å². The Kier molecular flexibility index (Phi) is 7.04. The zero-order chi connectivity index (χ0) is 20.8. The van der Waals surface area contributed by atoms with E-state index in [1.54, 1.807) is 21.3 Å². The van der Waals surface area contributed by atoms with Crippen molar-refractivity contribution in [2.24, 2.45) is 0 Å². The van der Waals surface area contributed by atoms with Gasteiger partial charge < -0.3 is 29.2 Å². The summed E-state index contributed by atoms with van der Waals surface area (Å²) in [5.74, 6) is 3.03. The van der Waals surface area contributed by atoms with Crippen LogP contribution in [-0.2, 0) is 6.42 Å². The van der Waals surface area contributed by atoms with Gasteiger partial charge in [-0.15, -0.1) is 0 Å². The van der Waals surface area contributed by atoms with E-state index in [9.17, 15) is 0 Å². The molecule has 0 unspecified atom stereocenters. The molecule has 1 atom stereocenters. The minimum absolute atomic E-state index is 0.0350. The van der Waals surface area contributed by atoms with Crippen LogP contribution in [0.25, 0.3) is 0 Å². The minimum Gasteiger partial charge on any atom is -0.497 e. The number of hydrogen-bond donors (Lipinski definition) is 1. The van der Waals surface area contributed by atoms with Gasteiger partial charge in [-0.1, -0.05) is 0 Å². The van der Waals surface area contributed by atoms with Crippen molar-refractivity contribution in [3.63, 3.8) is 0 Å². The summed E-state index contributed by atoms with van der Waals surface area (Å²) < 4.78 is 22.4. The summed E-state index contributed by atoms with van der Waals surface area (Å²) in [5, 5.41) is 4.00. The number of nitrogens with one attached hydrogen (secondary N) is 1. The highest BCUT2D eigenvalue weighted by Crippen LogP contribution is 2.38. The average Bonchev–Trinajstić information content (AvgIpc) is 2.76. The molecule has 0 fully saturated rings. The molecule has 2 aromatic carbocycles. The predicted molar refractivity (Wildman–Crippen MR) is 117 cm³/mol. The molecule has 0 aliphatic carbocycles. The molecule has 0 aromatic heterocycles. The molecule has 29 heavy (non-hydrogen) atoms. The molecule has 6 nitrogen and oxygen atoms in total. The SMILES string of the molecule is CCNC(=S)N1CCc2cc(OC)c(OC)cc2[C@H]1COc1ccc(OC)cc1. The normalized spacial score (nSPS) is 15.3. The third-order valence-corrected chi connectivity index (χ3v) is 5.44. The van der Waals surface area contributed by atoms with Crippen molar-refractivity contribution in [1.82, 2.24) is 10.2 Å². The van der Waals surface area contributed by atoms with Gasteiger partial charge in [-0.25, -0.2) is 0 Å². The molecule has 0 saturated heterocycles. The van der Waals surface area contributed by atoms with Gasteiger partial charge in [-0.05, 0) is 73.1 Å². The molecule has 1 aliphatic heterocycles. The summed E-state index contributed by atoms with van der Waals surface area (Å²) in [6, 6.07) is 11.7. The average molecular weight is 417 g/mol. The first-order valence-electron chi connectivity index (χ1n) is 9.67. The smallest absolute Gasteiger partial charge is 0.169 e. The summed E-state index contributed by atoms with van der Waals surface area (Å²) in [4.78, 5) is 2.19. The molecule has 3 rings (SSSR count). The number of ether oxygens (including phenoxy) is 4. The second-order valence-corrected chi connectivity index (χ2v) is 7.07. The monoisotopic (exact) mass is 416 g/mol. The lowest BCUT2D eigenvalue weighted by molar-refractivity contribution is 0.187. The first-order chi connectivity index (χ1) is 14.1. The highest BCUT2D eigenvalue weighted by molar-refractivity contribution is 7.80. The zero-order valence-corrected chi connectivity index (χ0v) is 18.2. The lowest BCUT2D eigenvalue weighted by Gasteiger charge is -2.39. The van der Waals surface area contributed by atoms with E-state index in [0.29, 0.717) is 12.4 Å². The molecule has 1 N–H and O–H groups in total. The van der Waals surface area contributed by atoms with Crippen molar-refractivity contribution in [3.05, 3.63) is 47.5 Å². The Morgan fingerprint density at radius 3 is 2.31 bits per heavy atom. The Bertz CT molecular complexity index is 841. The largest absolute Gasteiger partial charge is 0.497 e. The van der Waals surface area contributed by atoms with Crippen molar-refractivity contribution < 1.29 is 18.9 Å². The molecule has 0 radical (unpaired) electrons. The van der Waals surface area contributed by atoms with Crippen LogP contribution < -0.4 is 24.3 Å². The number of thiocarbonyl (C=S) groups is 1. The summed E-state index contributed by atoms with van der Waals surface area (Å²) in [7, 11) is 4.96. The van der Waals surface area contributed by atoms with Gasteiger partial charge in [0.25, 0.3) is 0 Å². The van der Waals surface area contributed by atoms with Crippen molar-refractivity contribution in [1.29, 1.82) is 0 Å². The van der Waals surface area contributed by atoms with Crippen molar-refractivity contribution in [2.45, 2.75) is 19.4 Å². The summed E-state index contributed by atoms with van der Waals surface area (Å²) in [6.07, 6.45) is 0.875. The quantitative estimate of drug-likeness (QED) is 0.693. The van der Waals surface area contributed by atoms with E-state index in [1.165, 1.54) is 5.56 Å². The highest BCUT2D eigenvalue weighted by atomic mass is 32.1. The van der Waals surface area contributed by atoms with Crippen LogP contribution in [-0.4, -0.2) is 51.0 Å². The Morgan fingerprint density at radius 2 is 1.69 bits per heavy atom. The van der Waals surface area contributed by atoms with E-state index in [2.05, 4.69) is 16.3 Å². The third-order valence-electron chi connectivity index (χ3n) is 5.06. The van der Waals surface area contributed by atoms with Crippen LogP contribution in [0.5, 0.6) is 23.0 Å².